The second-order valence-electron chi connectivity index (χ2n) is 8.63. The smallest absolute Gasteiger partial charge is 0.435 e. The lowest BCUT2D eigenvalue weighted by atomic mass is 9.99. The van der Waals surface area contributed by atoms with Gasteiger partial charge in [-0.1, -0.05) is 11.6 Å². The van der Waals surface area contributed by atoms with E-state index in [1.165, 1.54) is 18.3 Å². The Balaban J connectivity index is 1.54. The molecular weight excluding hydrogens is 572 g/mol. The maximum atomic E-state index is 14.8. The van der Waals surface area contributed by atoms with E-state index in [-0.39, 0.29) is 40.3 Å². The average molecular weight is 593 g/mol. The van der Waals surface area contributed by atoms with Crippen molar-refractivity contribution < 1.29 is 40.2 Å². The summed E-state index contributed by atoms with van der Waals surface area (Å²) in [7, 11) is -3.78. The highest BCUT2D eigenvalue weighted by atomic mass is 35.5. The Morgan fingerprint density at radius 3 is 2.59 bits per heavy atom. The molecule has 0 unspecified atom stereocenters. The number of ether oxygens (including phenoxy) is 3. The maximum absolute atomic E-state index is 14.8. The topological polar surface area (TPSA) is 122 Å². The zero-order chi connectivity index (χ0) is 28.4. The van der Waals surface area contributed by atoms with Crippen LogP contribution in [0.3, 0.4) is 0 Å². The third-order valence-corrected chi connectivity index (χ3v) is 7.01. The first-order valence-electron chi connectivity index (χ1n) is 11.3. The number of nitrogens with one attached hydrogen (secondary N) is 1. The van der Waals surface area contributed by atoms with Crippen LogP contribution in [0.5, 0.6) is 17.4 Å². The number of hydrogen-bond donors (Lipinski definition) is 1. The molecule has 1 saturated heterocycles. The van der Waals surface area contributed by atoms with Crippen LogP contribution in [0.25, 0.3) is 5.69 Å². The predicted molar refractivity (Wildman–Crippen MR) is 131 cm³/mol. The van der Waals surface area contributed by atoms with Crippen LogP contribution in [-0.2, 0) is 14.6 Å². The molecule has 39 heavy (non-hydrogen) atoms. The van der Waals surface area contributed by atoms with Gasteiger partial charge in [0.05, 0.1) is 41.8 Å². The number of aromatic nitrogens is 3. The summed E-state index contributed by atoms with van der Waals surface area (Å²) in [6.07, 6.45) is -0.959. The van der Waals surface area contributed by atoms with Crippen LogP contribution in [-0.4, -0.2) is 61.2 Å². The Hall–Kier alpha value is -3.43. The van der Waals surface area contributed by atoms with E-state index in [4.69, 9.17) is 21.1 Å². The fourth-order valence-electron chi connectivity index (χ4n) is 3.63. The molecule has 1 aliphatic rings. The van der Waals surface area contributed by atoms with Crippen molar-refractivity contribution in [3.63, 3.8) is 0 Å². The molecule has 0 saturated carbocycles. The molecule has 0 aliphatic carbocycles. The molecule has 0 spiro atoms. The number of pyridine rings is 1. The van der Waals surface area contributed by atoms with E-state index in [9.17, 15) is 30.8 Å². The molecule has 2 aromatic heterocycles. The number of anilines is 1. The fraction of sp³-hybridized carbons (Fsp3) is 0.348. The third-order valence-electron chi connectivity index (χ3n) is 5.54. The van der Waals surface area contributed by atoms with Gasteiger partial charge in [-0.15, -0.1) is 13.2 Å². The largest absolute Gasteiger partial charge is 0.573 e. The van der Waals surface area contributed by atoms with Gasteiger partial charge in [0.1, 0.15) is 5.02 Å². The van der Waals surface area contributed by atoms with Gasteiger partial charge in [-0.2, -0.15) is 9.78 Å². The molecule has 1 aromatic carbocycles. The zero-order valence-electron chi connectivity index (χ0n) is 20.2. The van der Waals surface area contributed by atoms with Gasteiger partial charge in [0.25, 0.3) is 5.56 Å². The maximum Gasteiger partial charge on any atom is 0.573 e. The van der Waals surface area contributed by atoms with Crippen molar-refractivity contribution in [2.75, 3.05) is 31.3 Å². The van der Waals surface area contributed by atoms with Crippen molar-refractivity contribution in [1.82, 2.24) is 14.8 Å². The summed E-state index contributed by atoms with van der Waals surface area (Å²) < 4.78 is 92.2. The second-order valence-corrected chi connectivity index (χ2v) is 11.0. The van der Waals surface area contributed by atoms with E-state index in [1.807, 2.05) is 0 Å². The molecular formula is C23H21ClF4N4O6S. The number of hydrogen-bond acceptors (Lipinski definition) is 9. The molecule has 4 rings (SSSR count). The quantitative estimate of drug-likeness (QED) is 0.381. The molecule has 10 nitrogen and oxygen atoms in total. The Kier molecular flexibility index (Phi) is 8.04. The van der Waals surface area contributed by atoms with Crippen LogP contribution in [0.15, 0.2) is 52.4 Å². The van der Waals surface area contributed by atoms with Crippen molar-refractivity contribution in [1.29, 1.82) is 0 Å². The van der Waals surface area contributed by atoms with Gasteiger partial charge >= 0.3 is 6.36 Å². The molecule has 1 fully saturated rings. The molecule has 3 aromatic rings. The number of alkyl halides is 4. The van der Waals surface area contributed by atoms with Gasteiger partial charge in [0.2, 0.25) is 5.88 Å². The Morgan fingerprint density at radius 2 is 1.97 bits per heavy atom. The minimum atomic E-state index is -5.07. The van der Waals surface area contributed by atoms with Gasteiger partial charge in [0, 0.05) is 25.0 Å². The Morgan fingerprint density at radius 1 is 1.21 bits per heavy atom. The average Bonchev–Trinajstić information content (AvgIpc) is 2.86. The first kappa shape index (κ1) is 28.6. The summed E-state index contributed by atoms with van der Waals surface area (Å²) in [6.45, 7) is 0.272. The van der Waals surface area contributed by atoms with E-state index < -0.39 is 38.9 Å². The molecule has 3 heterocycles. The van der Waals surface area contributed by atoms with Crippen LogP contribution < -0.4 is 20.3 Å². The molecule has 1 N–H and O–H groups in total. The summed E-state index contributed by atoms with van der Waals surface area (Å²) >= 11 is 6.18. The lowest BCUT2D eigenvalue weighted by Gasteiger charge is -2.29. The third kappa shape index (κ3) is 7.16. The molecule has 1 aliphatic heterocycles. The number of benzene rings is 1. The van der Waals surface area contributed by atoms with E-state index in [0.29, 0.717) is 19.4 Å². The Labute approximate surface area is 224 Å². The minimum Gasteiger partial charge on any atom is -0.435 e. The SMILES string of the molecule is CS(=O)(=O)c1ccc(OC(F)(F)F)c(Oc2ccc(-n3ncc(NC[C@@]4(F)CCCOC4)c(Cl)c3=O)cn2)c1. The Bertz CT molecular complexity index is 1510. The molecule has 210 valence electrons. The molecule has 16 heteroatoms. The van der Waals surface area contributed by atoms with Crippen LogP contribution in [0.4, 0.5) is 23.2 Å². The van der Waals surface area contributed by atoms with Crippen molar-refractivity contribution in [2.24, 2.45) is 0 Å². The van der Waals surface area contributed by atoms with Crippen molar-refractivity contribution in [2.45, 2.75) is 29.8 Å². The van der Waals surface area contributed by atoms with Gasteiger partial charge in [-0.25, -0.2) is 17.8 Å². The normalized spacial score (nSPS) is 18.0. The van der Waals surface area contributed by atoms with Crippen molar-refractivity contribution in [3.05, 3.63) is 58.1 Å². The highest BCUT2D eigenvalue weighted by Gasteiger charge is 2.34. The molecule has 0 amide bonds. The number of sulfone groups is 1. The number of rotatable bonds is 8. The highest BCUT2D eigenvalue weighted by Crippen LogP contribution is 2.36. The van der Waals surface area contributed by atoms with Crippen molar-refractivity contribution in [3.8, 4) is 23.1 Å². The summed E-state index contributed by atoms with van der Waals surface area (Å²) in [5, 5.41) is 6.54. The van der Waals surface area contributed by atoms with E-state index >= 15 is 0 Å². The van der Waals surface area contributed by atoms with E-state index in [1.54, 1.807) is 0 Å². The minimum absolute atomic E-state index is 0.0788. The number of nitrogens with zero attached hydrogens (tertiary/aromatic N) is 3. The predicted octanol–water partition coefficient (Wildman–Crippen LogP) is 4.31. The van der Waals surface area contributed by atoms with E-state index in [2.05, 4.69) is 20.1 Å². The van der Waals surface area contributed by atoms with Crippen molar-refractivity contribution >= 4 is 27.1 Å². The first-order valence-corrected chi connectivity index (χ1v) is 13.5. The summed E-state index contributed by atoms with van der Waals surface area (Å²) in [4.78, 5) is 16.4. The molecule has 1 atom stereocenters. The standard InChI is InChI=1S/C23H21ClF4N4O6S/c1-39(34,35)15-4-5-17(38-23(26,27)28)18(9-15)37-19-6-3-14(10-29-19)32-21(33)20(24)16(11-31-32)30-12-22(25)7-2-8-36-13-22/h3-6,9-11,30H,2,7-8,12-13H2,1H3/t22-/m0/s1. The number of halogens is 5. The zero-order valence-corrected chi connectivity index (χ0v) is 21.7. The van der Waals surface area contributed by atoms with Crippen LogP contribution in [0.1, 0.15) is 12.8 Å². The van der Waals surface area contributed by atoms with Gasteiger partial charge < -0.3 is 19.5 Å². The monoisotopic (exact) mass is 592 g/mol. The van der Waals surface area contributed by atoms with Crippen LogP contribution in [0.2, 0.25) is 5.02 Å². The van der Waals surface area contributed by atoms with Crippen LogP contribution >= 0.6 is 11.6 Å². The van der Waals surface area contributed by atoms with Crippen LogP contribution in [0, 0.1) is 0 Å². The lowest BCUT2D eigenvalue weighted by Crippen LogP contribution is -2.40. The van der Waals surface area contributed by atoms with Gasteiger partial charge in [-0.3, -0.25) is 4.79 Å². The summed E-state index contributed by atoms with van der Waals surface area (Å²) in [6, 6.07) is 5.15. The summed E-state index contributed by atoms with van der Waals surface area (Å²) in [5.41, 5.74) is -2.11. The lowest BCUT2D eigenvalue weighted by molar-refractivity contribution is -0.275. The molecule has 0 bridgehead atoms. The highest BCUT2D eigenvalue weighted by molar-refractivity contribution is 7.90. The first-order chi connectivity index (χ1) is 18.2. The van der Waals surface area contributed by atoms with Gasteiger partial charge in [-0.05, 0) is 31.0 Å². The molecule has 0 radical (unpaired) electrons. The summed E-state index contributed by atoms with van der Waals surface area (Å²) in [5.74, 6) is -1.58. The second kappa shape index (κ2) is 11.0. The van der Waals surface area contributed by atoms with E-state index in [0.717, 1.165) is 35.3 Å². The van der Waals surface area contributed by atoms with Gasteiger partial charge in [0.15, 0.2) is 27.0 Å². The fourth-order valence-corrected chi connectivity index (χ4v) is 4.46.